The molecule has 2 heterocycles. The third-order valence-corrected chi connectivity index (χ3v) is 5.51. The van der Waals surface area contributed by atoms with Gasteiger partial charge in [0.25, 0.3) is 5.56 Å². The maximum absolute atomic E-state index is 13.0. The lowest BCUT2D eigenvalue weighted by atomic mass is 10.1. The number of benzene rings is 2. The molecule has 0 radical (unpaired) electrons. The van der Waals surface area contributed by atoms with Crippen LogP contribution in [0.4, 0.5) is 0 Å². The van der Waals surface area contributed by atoms with Crippen LogP contribution < -0.4 is 5.56 Å². The third-order valence-electron chi connectivity index (χ3n) is 4.13. The summed E-state index contributed by atoms with van der Waals surface area (Å²) < 4.78 is 1.27. The highest BCUT2D eigenvalue weighted by Crippen LogP contribution is 2.31. The van der Waals surface area contributed by atoms with Crippen LogP contribution in [-0.2, 0) is 0 Å². The molecule has 0 saturated heterocycles. The van der Waals surface area contributed by atoms with Gasteiger partial charge in [-0.1, -0.05) is 89.7 Å². The zero-order valence-corrected chi connectivity index (χ0v) is 15.9. The van der Waals surface area contributed by atoms with Crippen LogP contribution in [0.2, 0.25) is 5.02 Å². The first-order valence-corrected chi connectivity index (χ1v) is 9.52. The number of nitrogens with zero attached hydrogens (tertiary/aromatic N) is 2. The van der Waals surface area contributed by atoms with E-state index in [-0.39, 0.29) is 20.6 Å². The number of rotatable bonds is 4. The fourth-order valence-electron chi connectivity index (χ4n) is 2.85. The Labute approximate surface area is 168 Å². The molecule has 5 nitrogen and oxygen atoms in total. The van der Waals surface area contributed by atoms with Crippen LogP contribution >= 0.6 is 22.9 Å². The van der Waals surface area contributed by atoms with Gasteiger partial charge in [-0.15, -0.1) is 0 Å². The molecule has 0 amide bonds. The maximum Gasteiger partial charge on any atom is 0.348 e. The van der Waals surface area contributed by atoms with Crippen molar-refractivity contribution in [3.05, 3.63) is 92.2 Å². The van der Waals surface area contributed by atoms with Crippen molar-refractivity contribution in [3.8, 4) is 11.3 Å². The average Bonchev–Trinajstić information content (AvgIpc) is 3.11. The molecule has 0 saturated carbocycles. The summed E-state index contributed by atoms with van der Waals surface area (Å²) in [6, 6.07) is 18.4. The Morgan fingerprint density at radius 1 is 1.04 bits per heavy atom. The van der Waals surface area contributed by atoms with Crippen molar-refractivity contribution in [2.75, 3.05) is 0 Å². The molecule has 4 rings (SSSR count). The normalized spacial score (nSPS) is 11.3. The van der Waals surface area contributed by atoms with E-state index in [1.807, 2.05) is 36.4 Å². The predicted octanol–water partition coefficient (Wildman–Crippen LogP) is 4.95. The summed E-state index contributed by atoms with van der Waals surface area (Å²) in [6.07, 6.45) is 3.45. The van der Waals surface area contributed by atoms with E-state index in [2.05, 4.69) is 4.98 Å². The Morgan fingerprint density at radius 3 is 2.32 bits per heavy atom. The standard InChI is InChI=1S/C21H13ClN2O3S/c22-16-15(12-11-13-7-3-1-4-8-13)23-21-24(19(16)25)17(18(28-21)20(26)27)14-9-5-2-6-10-14/h1-12H,(H,26,27)/b12-11+. The Balaban J connectivity index is 1.94. The Morgan fingerprint density at radius 2 is 1.68 bits per heavy atom. The summed E-state index contributed by atoms with van der Waals surface area (Å²) in [5.74, 6) is -1.12. The number of hydrogen-bond acceptors (Lipinski definition) is 4. The monoisotopic (exact) mass is 408 g/mol. The molecule has 0 fully saturated rings. The molecule has 0 aliphatic rings. The first-order chi connectivity index (χ1) is 13.6. The quantitative estimate of drug-likeness (QED) is 0.519. The number of carboxylic acid groups (broad SMARTS) is 1. The van der Waals surface area contributed by atoms with Crippen molar-refractivity contribution in [2.24, 2.45) is 0 Å². The second-order valence-electron chi connectivity index (χ2n) is 5.93. The van der Waals surface area contributed by atoms with Gasteiger partial charge in [0, 0.05) is 5.56 Å². The lowest BCUT2D eigenvalue weighted by Gasteiger charge is -2.05. The topological polar surface area (TPSA) is 71.7 Å². The van der Waals surface area contributed by atoms with Gasteiger partial charge < -0.3 is 5.11 Å². The Bertz CT molecular complexity index is 1260. The number of carboxylic acids is 1. The van der Waals surface area contributed by atoms with Crippen molar-refractivity contribution in [1.82, 2.24) is 9.38 Å². The first-order valence-electron chi connectivity index (χ1n) is 8.33. The van der Waals surface area contributed by atoms with Gasteiger partial charge in [0.05, 0.1) is 11.4 Å². The smallest absolute Gasteiger partial charge is 0.348 e. The molecule has 138 valence electrons. The summed E-state index contributed by atoms with van der Waals surface area (Å²) in [7, 11) is 0. The second-order valence-corrected chi connectivity index (χ2v) is 7.28. The maximum atomic E-state index is 13.0. The van der Waals surface area contributed by atoms with E-state index in [9.17, 15) is 14.7 Å². The lowest BCUT2D eigenvalue weighted by molar-refractivity contribution is 0.0702. The minimum Gasteiger partial charge on any atom is -0.477 e. The van der Waals surface area contributed by atoms with Gasteiger partial charge in [-0.05, 0) is 11.6 Å². The molecule has 0 aliphatic carbocycles. The predicted molar refractivity (Wildman–Crippen MR) is 112 cm³/mol. The number of halogens is 1. The molecule has 1 N–H and O–H groups in total. The van der Waals surface area contributed by atoms with Crippen molar-refractivity contribution in [1.29, 1.82) is 0 Å². The van der Waals surface area contributed by atoms with E-state index in [1.165, 1.54) is 4.40 Å². The van der Waals surface area contributed by atoms with Crippen LogP contribution in [0.25, 0.3) is 28.4 Å². The number of hydrogen-bond donors (Lipinski definition) is 1. The fourth-order valence-corrected chi connectivity index (χ4v) is 4.03. The Hall–Kier alpha value is -3.22. The minimum atomic E-state index is -1.12. The zero-order valence-electron chi connectivity index (χ0n) is 14.4. The van der Waals surface area contributed by atoms with Gasteiger partial charge in [0.15, 0.2) is 4.96 Å². The molecule has 0 atom stereocenters. The van der Waals surface area contributed by atoms with Crippen LogP contribution in [0, 0.1) is 0 Å². The molecule has 0 aliphatic heterocycles. The summed E-state index contributed by atoms with van der Waals surface area (Å²) in [4.78, 5) is 29.5. The fraction of sp³-hybridized carbons (Fsp3) is 0. The molecular formula is C21H13ClN2O3S. The molecule has 0 bridgehead atoms. The van der Waals surface area contributed by atoms with Crippen LogP contribution in [0.15, 0.2) is 65.5 Å². The molecule has 2 aromatic heterocycles. The summed E-state index contributed by atoms with van der Waals surface area (Å²) in [5.41, 5.74) is 1.63. The van der Waals surface area contributed by atoms with Crippen molar-refractivity contribution >= 4 is 46.0 Å². The summed E-state index contributed by atoms with van der Waals surface area (Å²) in [5, 5.41) is 9.57. The summed E-state index contributed by atoms with van der Waals surface area (Å²) in [6.45, 7) is 0. The molecule has 7 heteroatoms. The van der Waals surface area contributed by atoms with Crippen LogP contribution in [0.3, 0.4) is 0 Å². The first kappa shape index (κ1) is 18.2. The van der Waals surface area contributed by atoms with E-state index >= 15 is 0 Å². The van der Waals surface area contributed by atoms with E-state index in [0.29, 0.717) is 11.3 Å². The van der Waals surface area contributed by atoms with Gasteiger partial charge in [0.2, 0.25) is 0 Å². The van der Waals surface area contributed by atoms with Gasteiger partial charge in [-0.3, -0.25) is 4.79 Å². The van der Waals surface area contributed by atoms with Gasteiger partial charge in [0.1, 0.15) is 9.90 Å². The molecule has 2 aromatic carbocycles. The van der Waals surface area contributed by atoms with Crippen LogP contribution in [-0.4, -0.2) is 20.5 Å². The lowest BCUT2D eigenvalue weighted by Crippen LogP contribution is -2.17. The highest BCUT2D eigenvalue weighted by molar-refractivity contribution is 7.19. The van der Waals surface area contributed by atoms with E-state index in [0.717, 1.165) is 16.9 Å². The molecule has 4 aromatic rings. The third kappa shape index (κ3) is 3.24. The minimum absolute atomic E-state index is 0.0380. The van der Waals surface area contributed by atoms with Gasteiger partial charge >= 0.3 is 5.97 Å². The van der Waals surface area contributed by atoms with E-state index in [1.54, 1.807) is 36.4 Å². The van der Waals surface area contributed by atoms with Crippen molar-refractivity contribution < 1.29 is 9.90 Å². The van der Waals surface area contributed by atoms with Crippen LogP contribution in [0.1, 0.15) is 20.9 Å². The second kappa shape index (κ2) is 7.42. The van der Waals surface area contributed by atoms with Crippen molar-refractivity contribution in [3.63, 3.8) is 0 Å². The average molecular weight is 409 g/mol. The highest BCUT2D eigenvalue weighted by Gasteiger charge is 2.23. The van der Waals surface area contributed by atoms with Crippen LogP contribution in [0.5, 0.6) is 0 Å². The number of aromatic nitrogens is 2. The number of fused-ring (bicyclic) bond motifs is 1. The Kier molecular flexibility index (Phi) is 4.81. The van der Waals surface area contributed by atoms with Gasteiger partial charge in [-0.2, -0.15) is 0 Å². The highest BCUT2D eigenvalue weighted by atomic mass is 35.5. The van der Waals surface area contributed by atoms with E-state index in [4.69, 9.17) is 11.6 Å². The number of carbonyl (C=O) groups is 1. The molecule has 28 heavy (non-hydrogen) atoms. The zero-order chi connectivity index (χ0) is 19.7. The summed E-state index contributed by atoms with van der Waals surface area (Å²) >= 11 is 7.24. The number of thiazole rings is 1. The largest absolute Gasteiger partial charge is 0.477 e. The molecule has 0 unspecified atom stereocenters. The molecule has 0 spiro atoms. The van der Waals surface area contributed by atoms with E-state index < -0.39 is 11.5 Å². The molecular weight excluding hydrogens is 396 g/mol. The van der Waals surface area contributed by atoms with Crippen molar-refractivity contribution in [2.45, 2.75) is 0 Å². The number of aromatic carboxylic acids is 1. The van der Waals surface area contributed by atoms with Gasteiger partial charge in [-0.25, -0.2) is 14.2 Å². The SMILES string of the molecule is O=C(O)c1sc2nc(/C=C/c3ccccc3)c(Cl)c(=O)n2c1-c1ccccc1.